The third-order valence-electron chi connectivity index (χ3n) is 4.15. The van der Waals surface area contributed by atoms with Gasteiger partial charge in [0, 0.05) is 37.2 Å². The molecule has 1 amide bonds. The standard InChI is InChI=1S/C20H21N3O2S/c1-14-8-10-17(26-14)16(24)9-11-18(25)22-19(15-6-4-3-5-7-15)20-21-12-13-23(20)2/h3-8,10,12-13,19H,9,11H2,1-2H3,(H,22,25)/t19-/m0/s1. The Morgan fingerprint density at radius 3 is 2.54 bits per heavy atom. The fraction of sp³-hybridized carbons (Fsp3) is 0.250. The van der Waals surface area contributed by atoms with E-state index in [2.05, 4.69) is 10.3 Å². The van der Waals surface area contributed by atoms with Crippen molar-refractivity contribution >= 4 is 23.0 Å². The number of hydrogen-bond donors (Lipinski definition) is 1. The van der Waals surface area contributed by atoms with Crippen molar-refractivity contribution in [1.82, 2.24) is 14.9 Å². The molecule has 2 aromatic heterocycles. The zero-order valence-electron chi connectivity index (χ0n) is 14.8. The van der Waals surface area contributed by atoms with Crippen molar-refractivity contribution in [2.75, 3.05) is 0 Å². The van der Waals surface area contributed by atoms with Crippen molar-refractivity contribution in [2.45, 2.75) is 25.8 Å². The Labute approximate surface area is 156 Å². The normalized spacial score (nSPS) is 11.9. The van der Waals surface area contributed by atoms with Gasteiger partial charge < -0.3 is 9.88 Å². The maximum absolute atomic E-state index is 12.5. The fourth-order valence-corrected chi connectivity index (χ4v) is 3.60. The number of nitrogens with one attached hydrogen (secondary N) is 1. The lowest BCUT2D eigenvalue weighted by atomic mass is 10.1. The minimum atomic E-state index is -0.345. The number of aromatic nitrogens is 2. The first-order valence-corrected chi connectivity index (χ1v) is 9.27. The molecule has 0 bridgehead atoms. The molecule has 0 fully saturated rings. The Bertz CT molecular complexity index is 899. The summed E-state index contributed by atoms with van der Waals surface area (Å²) >= 11 is 1.46. The second kappa shape index (κ2) is 8.10. The molecule has 1 N–H and O–H groups in total. The van der Waals surface area contributed by atoms with Crippen LogP contribution in [0, 0.1) is 6.92 Å². The van der Waals surface area contributed by atoms with Crippen molar-refractivity contribution in [3.8, 4) is 0 Å². The van der Waals surface area contributed by atoms with Gasteiger partial charge in [-0.25, -0.2) is 4.98 Å². The predicted molar refractivity (Wildman–Crippen MR) is 102 cm³/mol. The number of hydrogen-bond acceptors (Lipinski definition) is 4. The van der Waals surface area contributed by atoms with E-state index in [-0.39, 0.29) is 30.6 Å². The van der Waals surface area contributed by atoms with Crippen molar-refractivity contribution in [2.24, 2.45) is 7.05 Å². The summed E-state index contributed by atoms with van der Waals surface area (Å²) in [4.78, 5) is 30.9. The van der Waals surface area contributed by atoms with Crippen LogP contribution in [0.4, 0.5) is 0 Å². The minimum absolute atomic E-state index is 0.00602. The lowest BCUT2D eigenvalue weighted by molar-refractivity contribution is -0.121. The number of Topliss-reactive ketones (excluding diaryl/α,β-unsaturated/α-hetero) is 1. The first kappa shape index (κ1) is 18.1. The number of ketones is 1. The molecule has 26 heavy (non-hydrogen) atoms. The second-order valence-electron chi connectivity index (χ2n) is 6.14. The molecule has 0 unspecified atom stereocenters. The Morgan fingerprint density at radius 1 is 1.15 bits per heavy atom. The van der Waals surface area contributed by atoms with Gasteiger partial charge in [0.25, 0.3) is 0 Å². The molecule has 134 valence electrons. The molecular weight excluding hydrogens is 346 g/mol. The number of carbonyl (C=O) groups excluding carboxylic acids is 2. The molecule has 1 aromatic carbocycles. The number of rotatable bonds is 7. The van der Waals surface area contributed by atoms with E-state index in [1.165, 1.54) is 11.3 Å². The van der Waals surface area contributed by atoms with Gasteiger partial charge >= 0.3 is 0 Å². The highest BCUT2D eigenvalue weighted by Gasteiger charge is 2.21. The average molecular weight is 367 g/mol. The topological polar surface area (TPSA) is 64.0 Å². The van der Waals surface area contributed by atoms with Crippen LogP contribution >= 0.6 is 11.3 Å². The summed E-state index contributed by atoms with van der Waals surface area (Å²) in [6.07, 6.45) is 3.91. The van der Waals surface area contributed by atoms with Gasteiger partial charge in [-0.15, -0.1) is 11.3 Å². The van der Waals surface area contributed by atoms with Crippen LogP contribution in [-0.2, 0) is 11.8 Å². The third-order valence-corrected chi connectivity index (χ3v) is 5.19. The third kappa shape index (κ3) is 4.26. The van der Waals surface area contributed by atoms with Crippen LogP contribution < -0.4 is 5.32 Å². The molecule has 0 saturated heterocycles. The minimum Gasteiger partial charge on any atom is -0.342 e. The van der Waals surface area contributed by atoms with E-state index >= 15 is 0 Å². The van der Waals surface area contributed by atoms with Crippen molar-refractivity contribution < 1.29 is 9.59 Å². The smallest absolute Gasteiger partial charge is 0.221 e. The van der Waals surface area contributed by atoms with Gasteiger partial charge in [0.1, 0.15) is 11.9 Å². The van der Waals surface area contributed by atoms with Crippen molar-refractivity contribution in [3.05, 3.63) is 76.0 Å². The first-order chi connectivity index (χ1) is 12.5. The molecule has 0 aliphatic heterocycles. The molecule has 5 nitrogen and oxygen atoms in total. The predicted octanol–water partition coefficient (Wildman–Crippen LogP) is 3.66. The van der Waals surface area contributed by atoms with E-state index in [0.717, 1.165) is 16.3 Å². The summed E-state index contributed by atoms with van der Waals surface area (Å²) in [5, 5.41) is 3.02. The summed E-state index contributed by atoms with van der Waals surface area (Å²) in [5.41, 5.74) is 0.954. The van der Waals surface area contributed by atoms with Crippen LogP contribution in [0.25, 0.3) is 0 Å². The van der Waals surface area contributed by atoms with Crippen molar-refractivity contribution in [1.29, 1.82) is 0 Å². The number of aryl methyl sites for hydroxylation is 2. The molecule has 2 heterocycles. The Hall–Kier alpha value is -2.73. The number of nitrogens with zero attached hydrogens (tertiary/aromatic N) is 2. The van der Waals surface area contributed by atoms with Gasteiger partial charge in [-0.1, -0.05) is 30.3 Å². The second-order valence-corrected chi connectivity index (χ2v) is 7.43. The molecule has 0 spiro atoms. The van der Waals surface area contributed by atoms with Gasteiger partial charge in [0.2, 0.25) is 5.91 Å². The molecular formula is C20H21N3O2S. The number of carbonyl (C=O) groups is 2. The fourth-order valence-electron chi connectivity index (χ4n) is 2.77. The maximum Gasteiger partial charge on any atom is 0.221 e. The summed E-state index contributed by atoms with van der Waals surface area (Å²) in [6, 6.07) is 13.1. The van der Waals surface area contributed by atoms with E-state index < -0.39 is 0 Å². The average Bonchev–Trinajstić information content (AvgIpc) is 3.27. The molecule has 3 rings (SSSR count). The highest BCUT2D eigenvalue weighted by molar-refractivity contribution is 7.14. The van der Waals surface area contributed by atoms with Crippen LogP contribution in [0.1, 0.15) is 44.8 Å². The maximum atomic E-state index is 12.5. The lowest BCUT2D eigenvalue weighted by Crippen LogP contribution is -2.31. The number of amides is 1. The molecule has 0 aliphatic carbocycles. The highest BCUT2D eigenvalue weighted by atomic mass is 32.1. The van der Waals surface area contributed by atoms with Crippen LogP contribution in [0.3, 0.4) is 0 Å². The van der Waals surface area contributed by atoms with E-state index in [1.807, 2.05) is 67.2 Å². The van der Waals surface area contributed by atoms with Gasteiger partial charge in [-0.05, 0) is 24.6 Å². The van der Waals surface area contributed by atoms with E-state index in [9.17, 15) is 9.59 Å². The summed E-state index contributed by atoms with van der Waals surface area (Å²) in [6.45, 7) is 1.96. The summed E-state index contributed by atoms with van der Waals surface area (Å²) in [5.74, 6) is 0.597. The van der Waals surface area contributed by atoms with Crippen LogP contribution in [0.15, 0.2) is 54.9 Å². The zero-order valence-corrected chi connectivity index (χ0v) is 15.6. The molecule has 0 radical (unpaired) electrons. The van der Waals surface area contributed by atoms with E-state index in [4.69, 9.17) is 0 Å². The van der Waals surface area contributed by atoms with Crippen LogP contribution in [0.5, 0.6) is 0 Å². The first-order valence-electron chi connectivity index (χ1n) is 8.46. The Morgan fingerprint density at radius 2 is 1.92 bits per heavy atom. The molecule has 1 atom stereocenters. The van der Waals surface area contributed by atoms with E-state index in [0.29, 0.717) is 4.88 Å². The van der Waals surface area contributed by atoms with Gasteiger partial charge in [0.05, 0.1) is 4.88 Å². The quantitative estimate of drug-likeness (QED) is 0.648. The van der Waals surface area contributed by atoms with Gasteiger partial charge in [-0.3, -0.25) is 9.59 Å². The molecule has 6 heteroatoms. The summed E-state index contributed by atoms with van der Waals surface area (Å²) < 4.78 is 1.89. The molecule has 0 saturated carbocycles. The summed E-state index contributed by atoms with van der Waals surface area (Å²) in [7, 11) is 1.90. The van der Waals surface area contributed by atoms with E-state index in [1.54, 1.807) is 6.20 Å². The highest BCUT2D eigenvalue weighted by Crippen LogP contribution is 2.21. The Kier molecular flexibility index (Phi) is 5.63. The monoisotopic (exact) mass is 367 g/mol. The largest absolute Gasteiger partial charge is 0.342 e. The lowest BCUT2D eigenvalue weighted by Gasteiger charge is -2.19. The van der Waals surface area contributed by atoms with Crippen molar-refractivity contribution in [3.63, 3.8) is 0 Å². The van der Waals surface area contributed by atoms with Gasteiger partial charge in [0.15, 0.2) is 5.78 Å². The number of benzene rings is 1. The SMILES string of the molecule is Cc1ccc(C(=O)CCC(=O)N[C@@H](c2ccccc2)c2nccn2C)s1. The molecule has 3 aromatic rings. The van der Waals surface area contributed by atoms with Crippen LogP contribution in [-0.4, -0.2) is 21.2 Å². The number of imidazole rings is 1. The molecule has 0 aliphatic rings. The zero-order chi connectivity index (χ0) is 18.5. The number of thiophene rings is 1. The van der Waals surface area contributed by atoms with Crippen LogP contribution in [0.2, 0.25) is 0 Å². The van der Waals surface area contributed by atoms with Gasteiger partial charge in [-0.2, -0.15) is 0 Å². The Balaban J connectivity index is 1.68.